The molecule has 4 rings (SSSR count). The summed E-state index contributed by atoms with van der Waals surface area (Å²) >= 11 is 0. The molecule has 3 aromatic heterocycles. The second-order valence-electron chi connectivity index (χ2n) is 6.56. The van der Waals surface area contributed by atoms with Gasteiger partial charge >= 0.3 is 6.03 Å². The second kappa shape index (κ2) is 8.16. The Balaban J connectivity index is 1.88. The first kappa shape index (κ1) is 19.3. The molecule has 0 aliphatic carbocycles. The molecule has 0 bridgehead atoms. The van der Waals surface area contributed by atoms with Crippen LogP contribution >= 0.6 is 0 Å². The van der Waals surface area contributed by atoms with Crippen LogP contribution in [0.2, 0.25) is 0 Å². The minimum Gasteiger partial charge on any atom is -0.351 e. The highest BCUT2D eigenvalue weighted by Crippen LogP contribution is 2.29. The number of carbonyl (C=O) groups is 2. The van der Waals surface area contributed by atoms with Crippen LogP contribution < -0.4 is 16.0 Å². The molecule has 9 nitrogen and oxygen atoms in total. The van der Waals surface area contributed by atoms with Crippen molar-refractivity contribution in [3.05, 3.63) is 54.4 Å². The Morgan fingerprint density at radius 2 is 1.83 bits per heavy atom. The molecular weight excluding hydrogens is 382 g/mol. The Hall–Kier alpha value is -4.01. The van der Waals surface area contributed by atoms with Crippen LogP contribution in [-0.2, 0) is 0 Å². The number of pyridine rings is 2. The third-order valence-corrected chi connectivity index (χ3v) is 4.51. The molecule has 0 aliphatic rings. The molecule has 0 spiro atoms. The average Bonchev–Trinajstić information content (AvgIpc) is 3.15. The van der Waals surface area contributed by atoms with Gasteiger partial charge in [0.05, 0.1) is 5.52 Å². The maximum atomic E-state index is 12.7. The van der Waals surface area contributed by atoms with Gasteiger partial charge in [0.25, 0.3) is 11.9 Å². The van der Waals surface area contributed by atoms with Gasteiger partial charge in [0, 0.05) is 30.2 Å². The summed E-state index contributed by atoms with van der Waals surface area (Å²) in [7, 11) is 0. The fourth-order valence-electron chi connectivity index (χ4n) is 3.25. The van der Waals surface area contributed by atoms with Crippen molar-refractivity contribution < 1.29 is 9.59 Å². The monoisotopic (exact) mass is 403 g/mol. The molecule has 0 saturated carbocycles. The normalized spacial score (nSPS) is 10.9. The molecule has 30 heavy (non-hydrogen) atoms. The van der Waals surface area contributed by atoms with Crippen molar-refractivity contribution in [2.75, 3.05) is 18.4 Å². The molecule has 0 aliphatic heterocycles. The number of amides is 3. The van der Waals surface area contributed by atoms with Crippen molar-refractivity contribution in [1.82, 2.24) is 30.2 Å². The molecule has 3 N–H and O–H groups in total. The largest absolute Gasteiger partial charge is 0.351 e. The van der Waals surface area contributed by atoms with Gasteiger partial charge in [-0.15, -0.1) is 5.10 Å². The van der Waals surface area contributed by atoms with E-state index in [1.165, 1.54) is 4.52 Å². The molecule has 4 aromatic rings. The van der Waals surface area contributed by atoms with Crippen molar-refractivity contribution in [3.63, 3.8) is 0 Å². The molecule has 0 unspecified atom stereocenters. The van der Waals surface area contributed by atoms with Crippen molar-refractivity contribution >= 4 is 34.4 Å². The number of benzene rings is 1. The third-order valence-electron chi connectivity index (χ3n) is 4.51. The Morgan fingerprint density at radius 3 is 2.63 bits per heavy atom. The molecule has 3 heterocycles. The lowest BCUT2D eigenvalue weighted by atomic mass is 10.0. The number of nitrogens with zero attached hydrogens (tertiary/aromatic N) is 4. The summed E-state index contributed by atoms with van der Waals surface area (Å²) in [5.41, 5.74) is 3.24. The predicted molar refractivity (Wildman–Crippen MR) is 114 cm³/mol. The van der Waals surface area contributed by atoms with Gasteiger partial charge in [-0.1, -0.05) is 24.3 Å². The Morgan fingerprint density at radius 1 is 1.03 bits per heavy atom. The van der Waals surface area contributed by atoms with E-state index in [9.17, 15) is 9.59 Å². The zero-order valence-corrected chi connectivity index (χ0v) is 16.6. The van der Waals surface area contributed by atoms with E-state index in [2.05, 4.69) is 31.0 Å². The van der Waals surface area contributed by atoms with E-state index in [0.717, 1.165) is 22.0 Å². The van der Waals surface area contributed by atoms with Crippen LogP contribution in [-0.4, -0.2) is 44.6 Å². The molecule has 0 atom stereocenters. The average molecular weight is 403 g/mol. The first-order valence-electron chi connectivity index (χ1n) is 9.68. The molecule has 0 fully saturated rings. The summed E-state index contributed by atoms with van der Waals surface area (Å²) in [5.74, 6) is -0.174. The van der Waals surface area contributed by atoms with Crippen LogP contribution in [0.4, 0.5) is 10.7 Å². The first-order chi connectivity index (χ1) is 14.6. The fraction of sp³-hybridized carbons (Fsp3) is 0.190. The lowest BCUT2D eigenvalue weighted by Gasteiger charge is -2.10. The summed E-state index contributed by atoms with van der Waals surface area (Å²) in [5, 5.41) is 13.3. The Bertz CT molecular complexity index is 1240. The standard InChI is InChI=1S/C21H21N7O2/c1-3-22-19(29)16-11-14(15-9-5-7-13-8-6-10-24-18(13)15)12-17-25-20(27-28(16)17)26-21(30)23-4-2/h5-12H,3-4H2,1-2H3,(H,22,29)(H2,23,26,27,30). The number of hydrogen-bond acceptors (Lipinski definition) is 5. The minimum atomic E-state index is -0.411. The smallest absolute Gasteiger partial charge is 0.321 e. The molecule has 0 radical (unpaired) electrons. The molecule has 152 valence electrons. The summed E-state index contributed by atoms with van der Waals surface area (Å²) < 4.78 is 1.43. The van der Waals surface area contributed by atoms with E-state index in [-0.39, 0.29) is 11.9 Å². The van der Waals surface area contributed by atoms with Gasteiger partial charge in [-0.3, -0.25) is 15.1 Å². The number of aromatic nitrogens is 4. The van der Waals surface area contributed by atoms with Gasteiger partial charge in [-0.05, 0) is 37.6 Å². The van der Waals surface area contributed by atoms with Crippen LogP contribution in [0.15, 0.2) is 48.7 Å². The van der Waals surface area contributed by atoms with Crippen molar-refractivity contribution in [2.24, 2.45) is 0 Å². The summed E-state index contributed by atoms with van der Waals surface area (Å²) in [4.78, 5) is 33.5. The topological polar surface area (TPSA) is 113 Å². The summed E-state index contributed by atoms with van der Waals surface area (Å²) in [6, 6.07) is 12.9. The fourth-order valence-corrected chi connectivity index (χ4v) is 3.25. The maximum absolute atomic E-state index is 12.7. The second-order valence-corrected chi connectivity index (χ2v) is 6.56. The number of anilines is 1. The van der Waals surface area contributed by atoms with Gasteiger partial charge < -0.3 is 10.6 Å². The van der Waals surface area contributed by atoms with Gasteiger partial charge in [0.1, 0.15) is 5.69 Å². The van der Waals surface area contributed by atoms with Gasteiger partial charge in [-0.2, -0.15) is 4.98 Å². The number of nitrogens with one attached hydrogen (secondary N) is 3. The van der Waals surface area contributed by atoms with E-state index >= 15 is 0 Å². The van der Waals surface area contributed by atoms with Crippen LogP contribution in [0.1, 0.15) is 24.3 Å². The van der Waals surface area contributed by atoms with E-state index in [4.69, 9.17) is 0 Å². The van der Waals surface area contributed by atoms with Crippen molar-refractivity contribution in [2.45, 2.75) is 13.8 Å². The molecule has 3 amide bonds. The molecule has 0 saturated heterocycles. The molecular formula is C21H21N7O2. The number of carbonyl (C=O) groups excluding carboxylic acids is 2. The number of urea groups is 1. The predicted octanol–water partition coefficient (Wildman–Crippen LogP) is 2.84. The van der Waals surface area contributed by atoms with Crippen LogP contribution in [0, 0.1) is 0 Å². The Labute approximate surface area is 172 Å². The minimum absolute atomic E-state index is 0.111. The number of hydrogen-bond donors (Lipinski definition) is 3. The first-order valence-corrected chi connectivity index (χ1v) is 9.68. The summed E-state index contributed by atoms with van der Waals surface area (Å²) in [6.07, 6.45) is 1.74. The van der Waals surface area contributed by atoms with Crippen molar-refractivity contribution in [3.8, 4) is 11.1 Å². The highest BCUT2D eigenvalue weighted by atomic mass is 16.2. The van der Waals surface area contributed by atoms with E-state index in [1.54, 1.807) is 12.3 Å². The lowest BCUT2D eigenvalue weighted by molar-refractivity contribution is 0.0948. The third kappa shape index (κ3) is 3.64. The Kier molecular flexibility index (Phi) is 5.25. The van der Waals surface area contributed by atoms with E-state index in [1.807, 2.05) is 50.2 Å². The number of rotatable bonds is 5. The van der Waals surface area contributed by atoms with Crippen LogP contribution in [0.25, 0.3) is 27.7 Å². The van der Waals surface area contributed by atoms with Gasteiger partial charge in [0.15, 0.2) is 5.65 Å². The van der Waals surface area contributed by atoms with Gasteiger partial charge in [0.2, 0.25) is 0 Å². The van der Waals surface area contributed by atoms with Crippen LogP contribution in [0.5, 0.6) is 0 Å². The summed E-state index contributed by atoms with van der Waals surface area (Å²) in [6.45, 7) is 4.60. The SMILES string of the molecule is CCNC(=O)Nc1nc2cc(-c3cccc4cccnc34)cc(C(=O)NCC)n2n1. The number of para-hydroxylation sites is 1. The highest BCUT2D eigenvalue weighted by Gasteiger charge is 2.18. The van der Waals surface area contributed by atoms with Crippen molar-refractivity contribution in [1.29, 1.82) is 0 Å². The molecule has 1 aromatic carbocycles. The number of fused-ring (bicyclic) bond motifs is 2. The quantitative estimate of drug-likeness (QED) is 0.474. The highest BCUT2D eigenvalue weighted by molar-refractivity contribution is 5.98. The zero-order chi connectivity index (χ0) is 21.1. The van der Waals surface area contributed by atoms with Gasteiger partial charge in [-0.25, -0.2) is 9.31 Å². The zero-order valence-electron chi connectivity index (χ0n) is 16.6. The van der Waals surface area contributed by atoms with Crippen LogP contribution in [0.3, 0.4) is 0 Å². The maximum Gasteiger partial charge on any atom is 0.321 e. The van der Waals surface area contributed by atoms with E-state index < -0.39 is 6.03 Å². The van der Waals surface area contributed by atoms with E-state index in [0.29, 0.717) is 24.4 Å². The molecule has 9 heteroatoms. The lowest BCUT2D eigenvalue weighted by Crippen LogP contribution is -2.28.